The van der Waals surface area contributed by atoms with Crippen LogP contribution in [-0.4, -0.2) is 80.0 Å². The van der Waals surface area contributed by atoms with Crippen molar-refractivity contribution in [2.45, 2.75) is 37.5 Å². The molecule has 174 valence electrons. The molecule has 0 spiro atoms. The third-order valence-electron chi connectivity index (χ3n) is 6.09. The summed E-state index contributed by atoms with van der Waals surface area (Å²) >= 11 is 1.74. The SMILES string of the molecule is COC[C@H](O)CN(CC(=O)N1CCc2sccc2[C@H]1COc1ccccc1OC)C1CC1. The summed E-state index contributed by atoms with van der Waals surface area (Å²) < 4.78 is 16.6. The summed E-state index contributed by atoms with van der Waals surface area (Å²) in [5.41, 5.74) is 1.17. The van der Waals surface area contributed by atoms with Gasteiger partial charge in [-0.15, -0.1) is 11.3 Å². The van der Waals surface area contributed by atoms with Crippen LogP contribution < -0.4 is 9.47 Å². The van der Waals surface area contributed by atoms with Gasteiger partial charge < -0.3 is 24.2 Å². The molecule has 0 unspecified atom stereocenters. The highest BCUT2D eigenvalue weighted by molar-refractivity contribution is 7.10. The number of thiophene rings is 1. The van der Waals surface area contributed by atoms with Crippen molar-refractivity contribution in [3.8, 4) is 11.5 Å². The molecule has 7 nitrogen and oxygen atoms in total. The van der Waals surface area contributed by atoms with Crippen LogP contribution in [0.3, 0.4) is 0 Å². The molecule has 2 aromatic rings. The molecule has 8 heteroatoms. The van der Waals surface area contributed by atoms with Crippen molar-refractivity contribution in [2.24, 2.45) is 0 Å². The summed E-state index contributed by atoms with van der Waals surface area (Å²) in [6.07, 6.45) is 2.41. The van der Waals surface area contributed by atoms with Gasteiger partial charge in [0.05, 0.1) is 32.4 Å². The molecule has 2 atom stereocenters. The van der Waals surface area contributed by atoms with Crippen molar-refractivity contribution < 1.29 is 24.1 Å². The van der Waals surface area contributed by atoms with Crippen molar-refractivity contribution in [3.05, 3.63) is 46.2 Å². The Labute approximate surface area is 193 Å². The first-order valence-electron chi connectivity index (χ1n) is 11.1. The van der Waals surface area contributed by atoms with Gasteiger partial charge in [-0.1, -0.05) is 12.1 Å². The topological polar surface area (TPSA) is 71.5 Å². The van der Waals surface area contributed by atoms with Crippen LogP contribution in [0.15, 0.2) is 35.7 Å². The molecule has 4 rings (SSSR count). The molecule has 1 aromatic carbocycles. The van der Waals surface area contributed by atoms with Gasteiger partial charge in [0, 0.05) is 31.1 Å². The second-order valence-electron chi connectivity index (χ2n) is 8.38. The highest BCUT2D eigenvalue weighted by Gasteiger charge is 2.36. The number of methoxy groups -OCH3 is 2. The number of hydrogen-bond donors (Lipinski definition) is 1. The van der Waals surface area contributed by atoms with Crippen LogP contribution >= 0.6 is 11.3 Å². The number of para-hydroxylation sites is 2. The molecular formula is C24H32N2O5S. The first kappa shape index (κ1) is 23.0. The van der Waals surface area contributed by atoms with E-state index in [-0.39, 0.29) is 18.6 Å². The lowest BCUT2D eigenvalue weighted by Crippen LogP contribution is -2.48. The number of carbonyl (C=O) groups is 1. The number of carbonyl (C=O) groups excluding carboxylic acids is 1. The first-order chi connectivity index (χ1) is 15.6. The van der Waals surface area contributed by atoms with Gasteiger partial charge in [0.15, 0.2) is 11.5 Å². The Kier molecular flexibility index (Phi) is 7.67. The number of aliphatic hydroxyl groups is 1. The average molecular weight is 461 g/mol. The smallest absolute Gasteiger partial charge is 0.237 e. The quantitative estimate of drug-likeness (QED) is 0.556. The van der Waals surface area contributed by atoms with E-state index in [9.17, 15) is 9.90 Å². The first-order valence-corrected chi connectivity index (χ1v) is 12.0. The van der Waals surface area contributed by atoms with Gasteiger partial charge in [-0.05, 0) is 48.4 Å². The molecule has 1 fully saturated rings. The molecular weight excluding hydrogens is 428 g/mol. The highest BCUT2D eigenvalue weighted by atomic mass is 32.1. The summed E-state index contributed by atoms with van der Waals surface area (Å²) in [7, 11) is 3.20. The number of hydrogen-bond acceptors (Lipinski definition) is 7. The number of fused-ring (bicyclic) bond motifs is 1. The molecule has 0 radical (unpaired) electrons. The van der Waals surface area contributed by atoms with Gasteiger partial charge in [-0.25, -0.2) is 0 Å². The van der Waals surface area contributed by atoms with Crippen LogP contribution in [0.25, 0.3) is 0 Å². The maximum Gasteiger partial charge on any atom is 0.237 e. The van der Waals surface area contributed by atoms with E-state index in [1.807, 2.05) is 29.2 Å². The highest BCUT2D eigenvalue weighted by Crippen LogP contribution is 2.36. The fourth-order valence-electron chi connectivity index (χ4n) is 4.34. The van der Waals surface area contributed by atoms with E-state index in [2.05, 4.69) is 16.3 Å². The molecule has 1 amide bonds. The van der Waals surface area contributed by atoms with Gasteiger partial charge >= 0.3 is 0 Å². The Balaban J connectivity index is 1.47. The minimum Gasteiger partial charge on any atom is -0.493 e. The lowest BCUT2D eigenvalue weighted by atomic mass is 10.0. The Morgan fingerprint density at radius 3 is 2.75 bits per heavy atom. The van der Waals surface area contributed by atoms with Crippen LogP contribution in [-0.2, 0) is 16.0 Å². The lowest BCUT2D eigenvalue weighted by molar-refractivity contribution is -0.136. The molecule has 2 aliphatic rings. The van der Waals surface area contributed by atoms with Crippen LogP contribution in [0.4, 0.5) is 0 Å². The van der Waals surface area contributed by atoms with Gasteiger partial charge in [-0.3, -0.25) is 9.69 Å². The zero-order valence-corrected chi connectivity index (χ0v) is 19.6. The molecule has 32 heavy (non-hydrogen) atoms. The maximum atomic E-state index is 13.5. The zero-order chi connectivity index (χ0) is 22.5. The summed E-state index contributed by atoms with van der Waals surface area (Å²) in [6.45, 7) is 2.06. The second kappa shape index (κ2) is 10.7. The van der Waals surface area contributed by atoms with Crippen LogP contribution in [0, 0.1) is 0 Å². The number of amides is 1. The van der Waals surface area contributed by atoms with Gasteiger partial charge in [0.2, 0.25) is 5.91 Å². The zero-order valence-electron chi connectivity index (χ0n) is 18.7. The van der Waals surface area contributed by atoms with Crippen molar-refractivity contribution in [2.75, 3.05) is 47.1 Å². The van der Waals surface area contributed by atoms with E-state index in [4.69, 9.17) is 14.2 Å². The summed E-state index contributed by atoms with van der Waals surface area (Å²) in [4.78, 5) is 18.8. The van der Waals surface area contributed by atoms with Crippen molar-refractivity contribution in [3.63, 3.8) is 0 Å². The fourth-order valence-corrected chi connectivity index (χ4v) is 5.27. The Hall–Kier alpha value is -2.13. The van der Waals surface area contributed by atoms with Crippen molar-refractivity contribution in [1.29, 1.82) is 0 Å². The molecule has 0 saturated heterocycles. The van der Waals surface area contributed by atoms with E-state index >= 15 is 0 Å². The summed E-state index contributed by atoms with van der Waals surface area (Å²) in [5.74, 6) is 1.43. The molecule has 1 N–H and O–H groups in total. The molecule has 0 bridgehead atoms. The van der Waals surface area contributed by atoms with E-state index in [1.165, 1.54) is 10.4 Å². The largest absolute Gasteiger partial charge is 0.493 e. The number of aliphatic hydroxyl groups excluding tert-OH is 1. The van der Waals surface area contributed by atoms with E-state index in [0.29, 0.717) is 43.8 Å². The minimum absolute atomic E-state index is 0.0759. The third-order valence-corrected chi connectivity index (χ3v) is 7.08. The maximum absolute atomic E-state index is 13.5. The Morgan fingerprint density at radius 1 is 1.25 bits per heavy atom. The lowest BCUT2D eigenvalue weighted by Gasteiger charge is -2.37. The van der Waals surface area contributed by atoms with E-state index in [0.717, 1.165) is 19.3 Å². The van der Waals surface area contributed by atoms with Crippen molar-refractivity contribution in [1.82, 2.24) is 9.80 Å². The van der Waals surface area contributed by atoms with E-state index in [1.54, 1.807) is 25.6 Å². The number of nitrogens with zero attached hydrogens (tertiary/aromatic N) is 2. The Bertz CT molecular complexity index is 900. The van der Waals surface area contributed by atoms with Gasteiger partial charge in [0.1, 0.15) is 6.61 Å². The number of ether oxygens (including phenoxy) is 3. The fraction of sp³-hybridized carbons (Fsp3) is 0.542. The molecule has 1 aliphatic heterocycles. The van der Waals surface area contributed by atoms with Crippen LogP contribution in [0.5, 0.6) is 11.5 Å². The number of rotatable bonds is 11. The molecule has 1 aromatic heterocycles. The van der Waals surface area contributed by atoms with Crippen LogP contribution in [0.1, 0.15) is 29.3 Å². The minimum atomic E-state index is -0.595. The predicted molar refractivity (Wildman–Crippen MR) is 123 cm³/mol. The predicted octanol–water partition coefficient (Wildman–Crippen LogP) is 2.73. The second-order valence-corrected chi connectivity index (χ2v) is 9.38. The molecule has 1 aliphatic carbocycles. The molecule has 2 heterocycles. The summed E-state index contributed by atoms with van der Waals surface area (Å²) in [5, 5.41) is 12.3. The standard InChI is InChI=1S/C24H32N2O5S/c1-29-15-18(27)13-25(17-7-8-17)14-24(28)26-11-9-23-19(10-12-32-23)20(26)16-31-22-6-4-3-5-21(22)30-2/h3-6,10,12,17-18,20,27H,7-9,11,13-16H2,1-2H3/t18-,20-/m1/s1. The average Bonchev–Trinajstić information content (AvgIpc) is 3.54. The van der Waals surface area contributed by atoms with E-state index < -0.39 is 6.10 Å². The third kappa shape index (κ3) is 5.43. The monoisotopic (exact) mass is 460 g/mol. The van der Waals surface area contributed by atoms with Crippen LogP contribution in [0.2, 0.25) is 0 Å². The summed E-state index contributed by atoms with van der Waals surface area (Å²) in [6, 6.07) is 9.90. The van der Waals surface area contributed by atoms with Crippen molar-refractivity contribution >= 4 is 17.2 Å². The number of benzene rings is 1. The van der Waals surface area contributed by atoms with Gasteiger partial charge in [-0.2, -0.15) is 0 Å². The molecule has 1 saturated carbocycles. The Morgan fingerprint density at radius 2 is 2.03 bits per heavy atom. The normalized spacial score (nSPS) is 19.0. The van der Waals surface area contributed by atoms with Gasteiger partial charge in [0.25, 0.3) is 0 Å².